The van der Waals surface area contributed by atoms with Crippen LogP contribution in [0.15, 0.2) is 36.4 Å². The summed E-state index contributed by atoms with van der Waals surface area (Å²) in [6.07, 6.45) is -0.0620. The molecule has 3 rings (SSSR count). The molecule has 1 aliphatic heterocycles. The van der Waals surface area contributed by atoms with Gasteiger partial charge in [0.25, 0.3) is 17.5 Å². The fourth-order valence-electron chi connectivity index (χ4n) is 3.15. The highest BCUT2D eigenvalue weighted by molar-refractivity contribution is 6.31. The number of rotatable bonds is 6. The molecule has 0 bridgehead atoms. The first-order valence-electron chi connectivity index (χ1n) is 8.82. The minimum atomic E-state index is -0.536. The van der Waals surface area contributed by atoms with E-state index in [1.54, 1.807) is 18.2 Å². The Kier molecular flexibility index (Phi) is 5.65. The lowest BCUT2D eigenvalue weighted by Crippen LogP contribution is -2.35. The first-order valence-corrected chi connectivity index (χ1v) is 9.20. The van der Waals surface area contributed by atoms with Gasteiger partial charge in [-0.15, -0.1) is 0 Å². The van der Waals surface area contributed by atoms with E-state index in [0.29, 0.717) is 21.7 Å². The number of amides is 3. The molecule has 3 amide bonds. The predicted molar refractivity (Wildman–Crippen MR) is 106 cm³/mol. The maximum Gasteiger partial charge on any atom is 0.269 e. The van der Waals surface area contributed by atoms with E-state index in [-0.39, 0.29) is 31.1 Å². The van der Waals surface area contributed by atoms with Gasteiger partial charge >= 0.3 is 0 Å². The van der Waals surface area contributed by atoms with Gasteiger partial charge in [-0.3, -0.25) is 29.4 Å². The number of nitrogens with zero attached hydrogens (tertiary/aromatic N) is 3. The Balaban J connectivity index is 1.64. The van der Waals surface area contributed by atoms with Crippen LogP contribution in [0.4, 0.5) is 5.69 Å². The molecule has 0 atom stereocenters. The summed E-state index contributed by atoms with van der Waals surface area (Å²) in [6, 6.07) is 9.05. The maximum absolute atomic E-state index is 12.5. The van der Waals surface area contributed by atoms with Crippen molar-refractivity contribution in [2.75, 3.05) is 13.6 Å². The van der Waals surface area contributed by atoms with Crippen LogP contribution in [0.3, 0.4) is 0 Å². The number of nitro benzene ring substituents is 1. The van der Waals surface area contributed by atoms with Crippen LogP contribution in [-0.4, -0.2) is 46.0 Å². The molecule has 29 heavy (non-hydrogen) atoms. The second kappa shape index (κ2) is 8.00. The lowest BCUT2D eigenvalue weighted by molar-refractivity contribution is -0.384. The Labute approximate surface area is 171 Å². The average molecular weight is 416 g/mol. The molecule has 150 valence electrons. The Morgan fingerprint density at radius 2 is 1.83 bits per heavy atom. The summed E-state index contributed by atoms with van der Waals surface area (Å²) in [5, 5.41) is 11.2. The fraction of sp³-hybridized carbons (Fsp3) is 0.250. The van der Waals surface area contributed by atoms with Crippen molar-refractivity contribution in [1.82, 2.24) is 9.80 Å². The van der Waals surface area contributed by atoms with Gasteiger partial charge in [-0.05, 0) is 30.7 Å². The molecular formula is C20H18ClN3O5. The third-order valence-corrected chi connectivity index (χ3v) is 5.12. The number of carbonyl (C=O) groups excluding carboxylic acids is 3. The number of nitro groups is 1. The second-order valence-electron chi connectivity index (χ2n) is 6.84. The van der Waals surface area contributed by atoms with E-state index in [2.05, 4.69) is 0 Å². The standard InChI is InChI=1S/C20H18ClN3O5/c1-12-3-5-15-16(9-12)20(27)23(19(15)26)8-7-18(25)22(2)11-13-10-14(24(28)29)4-6-17(13)21/h3-6,9-10H,7-8,11H2,1-2H3. The Bertz CT molecular complexity index is 1040. The van der Waals surface area contributed by atoms with E-state index >= 15 is 0 Å². The quantitative estimate of drug-likeness (QED) is 0.409. The molecule has 0 unspecified atom stereocenters. The van der Waals surface area contributed by atoms with Gasteiger partial charge in [0.1, 0.15) is 0 Å². The molecule has 0 spiro atoms. The van der Waals surface area contributed by atoms with Gasteiger partial charge < -0.3 is 4.90 Å². The van der Waals surface area contributed by atoms with Crippen LogP contribution in [0.1, 0.15) is 38.3 Å². The zero-order chi connectivity index (χ0) is 21.3. The molecule has 0 saturated carbocycles. The van der Waals surface area contributed by atoms with Crippen molar-refractivity contribution in [2.45, 2.75) is 19.9 Å². The Morgan fingerprint density at radius 1 is 1.14 bits per heavy atom. The summed E-state index contributed by atoms with van der Waals surface area (Å²) in [5.41, 5.74) is 1.87. The van der Waals surface area contributed by atoms with E-state index in [1.807, 2.05) is 6.92 Å². The number of imide groups is 1. The molecule has 2 aromatic rings. The normalized spacial score (nSPS) is 12.9. The van der Waals surface area contributed by atoms with E-state index in [1.165, 1.54) is 30.1 Å². The first-order chi connectivity index (χ1) is 13.7. The Hall–Kier alpha value is -3.26. The van der Waals surface area contributed by atoms with Crippen LogP contribution in [0.5, 0.6) is 0 Å². The average Bonchev–Trinajstić information content (AvgIpc) is 2.91. The number of fused-ring (bicyclic) bond motifs is 1. The summed E-state index contributed by atoms with van der Waals surface area (Å²) < 4.78 is 0. The predicted octanol–water partition coefficient (Wildman–Crippen LogP) is 3.20. The Morgan fingerprint density at radius 3 is 2.52 bits per heavy atom. The van der Waals surface area contributed by atoms with Crippen LogP contribution >= 0.6 is 11.6 Å². The third kappa shape index (κ3) is 4.12. The number of benzene rings is 2. The van der Waals surface area contributed by atoms with Gasteiger partial charge in [-0.1, -0.05) is 23.2 Å². The first kappa shape index (κ1) is 20.5. The zero-order valence-electron chi connectivity index (χ0n) is 15.8. The number of aryl methyl sites for hydroxylation is 1. The van der Waals surface area contributed by atoms with Crippen molar-refractivity contribution < 1.29 is 19.3 Å². The molecule has 2 aromatic carbocycles. The molecule has 0 aliphatic carbocycles. The molecule has 0 aromatic heterocycles. The molecule has 1 heterocycles. The molecule has 9 heteroatoms. The molecule has 8 nitrogen and oxygen atoms in total. The SMILES string of the molecule is Cc1ccc2c(c1)C(=O)N(CCC(=O)N(C)Cc1cc([N+](=O)[O-])ccc1Cl)C2=O. The lowest BCUT2D eigenvalue weighted by atomic mass is 10.1. The van der Waals surface area contributed by atoms with Crippen molar-refractivity contribution in [3.8, 4) is 0 Å². The van der Waals surface area contributed by atoms with Crippen molar-refractivity contribution in [2.24, 2.45) is 0 Å². The van der Waals surface area contributed by atoms with Crippen molar-refractivity contribution in [3.05, 3.63) is 73.8 Å². The number of hydrogen-bond acceptors (Lipinski definition) is 5. The highest BCUT2D eigenvalue weighted by Crippen LogP contribution is 2.25. The second-order valence-corrected chi connectivity index (χ2v) is 7.25. The van der Waals surface area contributed by atoms with Crippen molar-refractivity contribution in [1.29, 1.82) is 0 Å². The molecule has 0 saturated heterocycles. The highest BCUT2D eigenvalue weighted by Gasteiger charge is 2.35. The van der Waals surface area contributed by atoms with Crippen molar-refractivity contribution >= 4 is 35.0 Å². The van der Waals surface area contributed by atoms with Crippen LogP contribution in [-0.2, 0) is 11.3 Å². The minimum absolute atomic E-state index is 0.0444. The zero-order valence-corrected chi connectivity index (χ0v) is 16.6. The van der Waals surface area contributed by atoms with Gasteiger partial charge in [-0.2, -0.15) is 0 Å². The van der Waals surface area contributed by atoms with Crippen LogP contribution in [0.2, 0.25) is 5.02 Å². The third-order valence-electron chi connectivity index (χ3n) is 4.75. The number of non-ortho nitro benzene ring substituents is 1. The minimum Gasteiger partial charge on any atom is -0.341 e. The highest BCUT2D eigenvalue weighted by atomic mass is 35.5. The topological polar surface area (TPSA) is 101 Å². The molecule has 0 N–H and O–H groups in total. The number of carbonyl (C=O) groups is 3. The molecule has 0 fully saturated rings. The van der Waals surface area contributed by atoms with E-state index < -0.39 is 16.7 Å². The van der Waals surface area contributed by atoms with Crippen LogP contribution in [0, 0.1) is 17.0 Å². The van der Waals surface area contributed by atoms with Crippen LogP contribution < -0.4 is 0 Å². The van der Waals surface area contributed by atoms with Gasteiger partial charge in [0.2, 0.25) is 5.91 Å². The fourth-order valence-corrected chi connectivity index (χ4v) is 3.32. The molecule has 1 aliphatic rings. The summed E-state index contributed by atoms with van der Waals surface area (Å²) in [4.78, 5) is 50.2. The largest absolute Gasteiger partial charge is 0.341 e. The number of halogens is 1. The van der Waals surface area contributed by atoms with E-state index in [0.717, 1.165) is 10.5 Å². The summed E-state index contributed by atoms with van der Waals surface area (Å²) in [7, 11) is 1.53. The molecule has 0 radical (unpaired) electrons. The van der Waals surface area contributed by atoms with E-state index in [9.17, 15) is 24.5 Å². The van der Waals surface area contributed by atoms with Gasteiger partial charge in [0.05, 0.1) is 16.1 Å². The summed E-state index contributed by atoms with van der Waals surface area (Å²) in [5.74, 6) is -1.15. The smallest absolute Gasteiger partial charge is 0.269 e. The van der Waals surface area contributed by atoms with E-state index in [4.69, 9.17) is 11.6 Å². The van der Waals surface area contributed by atoms with Gasteiger partial charge in [0, 0.05) is 43.7 Å². The monoisotopic (exact) mass is 415 g/mol. The van der Waals surface area contributed by atoms with Crippen LogP contribution in [0.25, 0.3) is 0 Å². The van der Waals surface area contributed by atoms with Crippen molar-refractivity contribution in [3.63, 3.8) is 0 Å². The van der Waals surface area contributed by atoms with Gasteiger partial charge in [-0.25, -0.2) is 0 Å². The lowest BCUT2D eigenvalue weighted by Gasteiger charge is -2.20. The van der Waals surface area contributed by atoms with Gasteiger partial charge in [0.15, 0.2) is 0 Å². The molecular weight excluding hydrogens is 398 g/mol. The maximum atomic E-state index is 12.5. The summed E-state index contributed by atoms with van der Waals surface area (Å²) >= 11 is 6.07. The number of hydrogen-bond donors (Lipinski definition) is 0. The summed E-state index contributed by atoms with van der Waals surface area (Å²) in [6.45, 7) is 1.86.